The van der Waals surface area contributed by atoms with Crippen LogP contribution in [0.1, 0.15) is 13.8 Å². The van der Waals surface area contributed by atoms with Gasteiger partial charge in [0.2, 0.25) is 0 Å². The molecule has 3 aromatic heterocycles. The summed E-state index contributed by atoms with van der Waals surface area (Å²) >= 11 is 0. The second kappa shape index (κ2) is 11.4. The van der Waals surface area contributed by atoms with E-state index in [1.165, 1.54) is 40.5 Å². The van der Waals surface area contributed by atoms with Gasteiger partial charge in [-0.3, -0.25) is 19.6 Å². The van der Waals surface area contributed by atoms with Crippen molar-refractivity contribution in [3.8, 4) is 0 Å². The van der Waals surface area contributed by atoms with E-state index >= 15 is 0 Å². The normalized spacial score (nSPS) is 12.0. The molecule has 3 heterocycles. The number of hydrogen-bond donors (Lipinski definition) is 2. The van der Waals surface area contributed by atoms with Crippen LogP contribution in [0.25, 0.3) is 43.9 Å². The second-order valence-electron chi connectivity index (χ2n) is 9.11. The standard InChI is InChI=1S/C30H24N6O6/c1-15(37)19(29(39)41-3)13-33-21-11-23-24(12-22(21)34-14-20(16(2)38)30(40)42-4)36-28-18-8-6-10-32-26(18)25-17(27(28)35-23)7-5-9-31-25/h5-14,33-34H,1-4H3/b19-13+,20-14+. The zero-order chi connectivity index (χ0) is 30.0. The van der Waals surface area contributed by atoms with Crippen molar-refractivity contribution in [1.29, 1.82) is 0 Å². The lowest BCUT2D eigenvalue weighted by Crippen LogP contribution is -2.14. The number of pyridine rings is 2. The van der Waals surface area contributed by atoms with Crippen LogP contribution in [-0.2, 0) is 28.7 Å². The molecule has 0 aliphatic rings. The van der Waals surface area contributed by atoms with Gasteiger partial charge in [0.15, 0.2) is 11.6 Å². The van der Waals surface area contributed by atoms with E-state index in [0.29, 0.717) is 44.5 Å². The van der Waals surface area contributed by atoms with Gasteiger partial charge in [0.25, 0.3) is 0 Å². The summed E-state index contributed by atoms with van der Waals surface area (Å²) in [5.74, 6) is -2.67. The first-order valence-corrected chi connectivity index (χ1v) is 12.6. The average Bonchev–Trinajstić information content (AvgIpc) is 2.99. The SMILES string of the molecule is COC(=O)/C(=C/Nc1cc2nc3c4cccnc4c4ncccc4c3nc2cc1N/C=C(\C(C)=O)C(=O)OC)C(C)=O. The van der Waals surface area contributed by atoms with E-state index in [4.69, 9.17) is 19.4 Å². The number of methoxy groups -OCH3 is 2. The maximum absolute atomic E-state index is 12.1. The van der Waals surface area contributed by atoms with Gasteiger partial charge in [0.05, 0.1) is 58.7 Å². The van der Waals surface area contributed by atoms with Crippen LogP contribution >= 0.6 is 0 Å². The van der Waals surface area contributed by atoms with Crippen molar-refractivity contribution in [2.45, 2.75) is 13.8 Å². The van der Waals surface area contributed by atoms with Crippen molar-refractivity contribution in [1.82, 2.24) is 19.9 Å². The third-order valence-electron chi connectivity index (χ3n) is 6.47. The number of ketones is 2. The highest BCUT2D eigenvalue weighted by atomic mass is 16.5. The maximum atomic E-state index is 12.1. The van der Waals surface area contributed by atoms with E-state index in [1.807, 2.05) is 24.3 Å². The molecule has 42 heavy (non-hydrogen) atoms. The number of nitrogens with zero attached hydrogens (tertiary/aromatic N) is 4. The number of anilines is 2. The molecule has 12 nitrogen and oxygen atoms in total. The van der Waals surface area contributed by atoms with Crippen molar-refractivity contribution in [3.05, 3.63) is 72.3 Å². The molecule has 0 spiro atoms. The summed E-state index contributed by atoms with van der Waals surface area (Å²) in [4.78, 5) is 67.4. The number of nitrogens with one attached hydrogen (secondary N) is 2. The minimum absolute atomic E-state index is 0.223. The Hall–Kier alpha value is -5.78. The zero-order valence-electron chi connectivity index (χ0n) is 23.0. The fourth-order valence-corrected chi connectivity index (χ4v) is 4.42. The van der Waals surface area contributed by atoms with Crippen molar-refractivity contribution in [2.75, 3.05) is 24.9 Å². The molecule has 0 aliphatic heterocycles. The van der Waals surface area contributed by atoms with Gasteiger partial charge in [-0.05, 0) is 50.2 Å². The summed E-state index contributed by atoms with van der Waals surface area (Å²) in [6.45, 7) is 2.47. The van der Waals surface area contributed by atoms with Gasteiger partial charge in [0.1, 0.15) is 11.1 Å². The van der Waals surface area contributed by atoms with Crippen LogP contribution in [0.15, 0.2) is 72.3 Å². The molecule has 5 aromatic rings. The highest BCUT2D eigenvalue weighted by Crippen LogP contribution is 2.34. The molecule has 12 heteroatoms. The van der Waals surface area contributed by atoms with Crippen molar-refractivity contribution in [3.63, 3.8) is 0 Å². The van der Waals surface area contributed by atoms with Crippen molar-refractivity contribution in [2.24, 2.45) is 0 Å². The fraction of sp³-hybridized carbons (Fsp3) is 0.133. The minimum atomic E-state index is -0.819. The lowest BCUT2D eigenvalue weighted by Gasteiger charge is -2.14. The Bertz CT molecular complexity index is 1870. The fourth-order valence-electron chi connectivity index (χ4n) is 4.42. The van der Waals surface area contributed by atoms with E-state index in [2.05, 4.69) is 20.6 Å². The molecule has 0 atom stereocenters. The van der Waals surface area contributed by atoms with E-state index < -0.39 is 23.5 Å². The Morgan fingerprint density at radius 3 is 1.43 bits per heavy atom. The number of ether oxygens (including phenoxy) is 2. The van der Waals surface area contributed by atoms with Crippen LogP contribution < -0.4 is 10.6 Å². The van der Waals surface area contributed by atoms with Crippen LogP contribution in [0.3, 0.4) is 0 Å². The summed E-state index contributed by atoms with van der Waals surface area (Å²) in [7, 11) is 2.34. The minimum Gasteiger partial charge on any atom is -0.465 e. The molecule has 2 N–H and O–H groups in total. The molecule has 2 aromatic carbocycles. The van der Waals surface area contributed by atoms with Gasteiger partial charge in [-0.25, -0.2) is 19.6 Å². The summed E-state index contributed by atoms with van der Waals surface area (Å²) in [6, 6.07) is 10.7. The van der Waals surface area contributed by atoms with Gasteiger partial charge in [-0.15, -0.1) is 0 Å². The van der Waals surface area contributed by atoms with Gasteiger partial charge >= 0.3 is 11.9 Å². The highest BCUT2D eigenvalue weighted by Gasteiger charge is 2.19. The smallest absolute Gasteiger partial charge is 0.342 e. The molecule has 5 rings (SSSR count). The summed E-state index contributed by atoms with van der Waals surface area (Å²) in [5, 5.41) is 7.42. The third kappa shape index (κ3) is 5.08. The molecule has 0 radical (unpaired) electrons. The maximum Gasteiger partial charge on any atom is 0.342 e. The topological polar surface area (TPSA) is 162 Å². The summed E-state index contributed by atoms with van der Waals surface area (Å²) < 4.78 is 9.43. The Balaban J connectivity index is 1.77. The average molecular weight is 565 g/mol. The Labute approximate surface area is 238 Å². The van der Waals surface area contributed by atoms with Crippen LogP contribution in [-0.4, -0.2) is 57.7 Å². The number of hydrogen-bond acceptors (Lipinski definition) is 12. The largest absolute Gasteiger partial charge is 0.465 e. The van der Waals surface area contributed by atoms with E-state index in [1.54, 1.807) is 24.5 Å². The first-order chi connectivity index (χ1) is 20.2. The van der Waals surface area contributed by atoms with Crippen LogP contribution in [0, 0.1) is 0 Å². The molecule has 210 valence electrons. The number of Topliss-reactive ketones (excluding diaryl/α,β-unsaturated/α-hetero) is 2. The van der Waals surface area contributed by atoms with Gasteiger partial charge in [0, 0.05) is 35.6 Å². The number of esters is 2. The third-order valence-corrected chi connectivity index (χ3v) is 6.47. The predicted octanol–water partition coefficient (Wildman–Crippen LogP) is 4.00. The van der Waals surface area contributed by atoms with E-state index in [9.17, 15) is 19.2 Å². The number of aromatic nitrogens is 4. The molecule has 0 unspecified atom stereocenters. The Kier molecular flexibility index (Phi) is 7.52. The highest BCUT2D eigenvalue weighted by molar-refractivity contribution is 6.21. The van der Waals surface area contributed by atoms with Crippen molar-refractivity contribution < 1.29 is 28.7 Å². The van der Waals surface area contributed by atoms with Crippen LogP contribution in [0.2, 0.25) is 0 Å². The van der Waals surface area contributed by atoms with Gasteiger partial charge in [-0.1, -0.05) is 0 Å². The monoisotopic (exact) mass is 564 g/mol. The van der Waals surface area contributed by atoms with E-state index in [0.717, 1.165) is 10.8 Å². The molecule has 0 bridgehead atoms. The molecular formula is C30H24N6O6. The van der Waals surface area contributed by atoms with Crippen LogP contribution in [0.4, 0.5) is 11.4 Å². The number of rotatable bonds is 8. The molecule has 0 saturated heterocycles. The van der Waals surface area contributed by atoms with Gasteiger partial charge in [-0.2, -0.15) is 0 Å². The first kappa shape index (κ1) is 27.8. The Morgan fingerprint density at radius 1 is 0.667 bits per heavy atom. The zero-order valence-corrected chi connectivity index (χ0v) is 23.0. The van der Waals surface area contributed by atoms with Crippen LogP contribution in [0.5, 0.6) is 0 Å². The lowest BCUT2D eigenvalue weighted by molar-refractivity contribution is -0.138. The first-order valence-electron chi connectivity index (χ1n) is 12.6. The number of carbonyl (C=O) groups excluding carboxylic acids is 4. The molecule has 0 saturated carbocycles. The summed E-state index contributed by atoms with van der Waals surface area (Å²) in [6.07, 6.45) is 5.80. The number of benzene rings is 2. The van der Waals surface area contributed by atoms with E-state index in [-0.39, 0.29) is 11.1 Å². The molecule has 0 amide bonds. The number of carbonyl (C=O) groups is 4. The van der Waals surface area contributed by atoms with Gasteiger partial charge < -0.3 is 20.1 Å². The molecular weight excluding hydrogens is 540 g/mol. The quantitative estimate of drug-likeness (QED) is 0.0697. The summed E-state index contributed by atoms with van der Waals surface area (Å²) in [5.41, 5.74) is 3.80. The predicted molar refractivity (Wildman–Crippen MR) is 156 cm³/mol. The number of fused-ring (bicyclic) bond motifs is 7. The second-order valence-corrected chi connectivity index (χ2v) is 9.11. The Morgan fingerprint density at radius 2 is 1.07 bits per heavy atom. The molecule has 0 fully saturated rings. The molecule has 0 aliphatic carbocycles. The lowest BCUT2D eigenvalue weighted by atomic mass is 10.1. The van der Waals surface area contributed by atoms with Crippen molar-refractivity contribution >= 4 is 78.8 Å².